The van der Waals surface area contributed by atoms with Crippen molar-refractivity contribution in [3.05, 3.63) is 50.5 Å². The highest BCUT2D eigenvalue weighted by atomic mass is 79.9. The number of carbonyl (C=O) groups is 2. The van der Waals surface area contributed by atoms with Crippen LogP contribution < -0.4 is 0 Å². The Kier molecular flexibility index (Phi) is 6.13. The third kappa shape index (κ3) is 4.52. The third-order valence-corrected chi connectivity index (χ3v) is 6.62. The van der Waals surface area contributed by atoms with Gasteiger partial charge in [-0.1, -0.05) is 47.3 Å². The topological polar surface area (TPSA) is 70.8 Å². The lowest BCUT2D eigenvalue weighted by atomic mass is 10.3. The molecule has 1 N–H and O–H groups in total. The van der Waals surface area contributed by atoms with Gasteiger partial charge in [-0.05, 0) is 46.3 Å². The van der Waals surface area contributed by atoms with E-state index in [0.717, 1.165) is 26.0 Å². The molecule has 1 aromatic carbocycles. The number of halogens is 2. The fourth-order valence-corrected chi connectivity index (χ4v) is 4.71. The van der Waals surface area contributed by atoms with E-state index in [0.29, 0.717) is 20.8 Å². The Balaban J connectivity index is 1.79. The lowest BCUT2D eigenvalue weighted by Gasteiger charge is -2.09. The zero-order valence-electron chi connectivity index (χ0n) is 12.8. The van der Waals surface area contributed by atoms with Gasteiger partial charge in [-0.25, -0.2) is 0 Å². The van der Waals surface area contributed by atoms with Crippen LogP contribution in [-0.4, -0.2) is 32.7 Å². The van der Waals surface area contributed by atoms with Crippen LogP contribution in [0.4, 0.5) is 0 Å². The summed E-state index contributed by atoms with van der Waals surface area (Å²) in [5, 5.41) is 10.1. The molecule has 0 bridgehead atoms. The van der Waals surface area contributed by atoms with Gasteiger partial charge in [0.1, 0.15) is 16.6 Å². The molecule has 26 heavy (non-hydrogen) atoms. The minimum absolute atomic E-state index is 0.213. The number of aliphatic carboxylic acids is 1. The number of carboxylic acid groups (broad SMARTS) is 1. The van der Waals surface area contributed by atoms with E-state index >= 15 is 0 Å². The van der Waals surface area contributed by atoms with E-state index in [9.17, 15) is 9.59 Å². The van der Waals surface area contributed by atoms with Gasteiger partial charge < -0.3 is 9.52 Å². The molecule has 0 unspecified atom stereocenters. The van der Waals surface area contributed by atoms with E-state index in [2.05, 4.69) is 15.9 Å². The lowest BCUT2D eigenvalue weighted by molar-refractivity contribution is -0.140. The van der Waals surface area contributed by atoms with E-state index in [4.69, 9.17) is 33.3 Å². The number of hydrogen-bond acceptors (Lipinski definition) is 6. The average Bonchev–Trinajstić information content (AvgIpc) is 3.04. The zero-order valence-corrected chi connectivity index (χ0v) is 17.6. The number of thiocarbonyl (C=S) groups is 1. The van der Waals surface area contributed by atoms with Gasteiger partial charge in [-0.2, -0.15) is 0 Å². The van der Waals surface area contributed by atoms with E-state index in [1.54, 1.807) is 24.3 Å². The van der Waals surface area contributed by atoms with Gasteiger partial charge in [0.2, 0.25) is 0 Å². The third-order valence-electron chi connectivity index (χ3n) is 3.14. The van der Waals surface area contributed by atoms with Gasteiger partial charge in [0.05, 0.1) is 9.38 Å². The highest BCUT2D eigenvalue weighted by molar-refractivity contribution is 9.10. The van der Waals surface area contributed by atoms with Gasteiger partial charge in [0.15, 0.2) is 5.09 Å². The quantitative estimate of drug-likeness (QED) is 0.460. The number of carbonyl (C=O) groups excluding carboxylic acids is 1. The summed E-state index contributed by atoms with van der Waals surface area (Å²) < 4.78 is 6.73. The first-order valence-corrected chi connectivity index (χ1v) is 10.2. The van der Waals surface area contributed by atoms with Crippen LogP contribution >= 0.6 is 63.3 Å². The normalized spacial score (nSPS) is 15.9. The first kappa shape index (κ1) is 19.5. The van der Waals surface area contributed by atoms with Crippen LogP contribution in [0.25, 0.3) is 6.08 Å². The minimum Gasteiger partial charge on any atom is -0.480 e. The second-order valence-corrected chi connectivity index (χ2v) is 9.01. The van der Waals surface area contributed by atoms with Gasteiger partial charge in [-0.15, -0.1) is 0 Å². The van der Waals surface area contributed by atoms with Crippen LogP contribution in [0.15, 0.2) is 54.1 Å². The molecular formula is C16H9BrClNO4S3. The van der Waals surface area contributed by atoms with E-state index in [1.807, 2.05) is 12.1 Å². The molecule has 0 atom stereocenters. The predicted octanol–water partition coefficient (Wildman–Crippen LogP) is 5.13. The van der Waals surface area contributed by atoms with Gasteiger partial charge in [-0.3, -0.25) is 14.5 Å². The Morgan fingerprint density at radius 1 is 1.42 bits per heavy atom. The fraction of sp³-hybridized carbons (Fsp3) is 0.0625. The zero-order chi connectivity index (χ0) is 18.8. The van der Waals surface area contributed by atoms with Crippen molar-refractivity contribution in [2.45, 2.75) is 9.99 Å². The molecule has 0 aliphatic carbocycles. The molecule has 5 nitrogen and oxygen atoms in total. The van der Waals surface area contributed by atoms with Crippen molar-refractivity contribution in [2.75, 3.05) is 6.54 Å². The van der Waals surface area contributed by atoms with Crippen molar-refractivity contribution in [3.8, 4) is 0 Å². The van der Waals surface area contributed by atoms with Crippen molar-refractivity contribution in [1.29, 1.82) is 0 Å². The van der Waals surface area contributed by atoms with Crippen molar-refractivity contribution in [2.24, 2.45) is 0 Å². The average molecular weight is 491 g/mol. The Hall–Kier alpha value is -1.26. The molecule has 2 heterocycles. The SMILES string of the molecule is O=C(O)CN1C(=O)/C(=C/c2cc(Br)c(Sc3ccc(Cl)cc3)o2)SC1=S. The second-order valence-electron chi connectivity index (χ2n) is 5.00. The maximum atomic E-state index is 12.3. The molecule has 2 aromatic rings. The van der Waals surface area contributed by atoms with Crippen LogP contribution in [-0.2, 0) is 9.59 Å². The van der Waals surface area contributed by atoms with Crippen molar-refractivity contribution < 1.29 is 19.1 Å². The molecule has 1 aliphatic heterocycles. The van der Waals surface area contributed by atoms with Crippen LogP contribution in [0.5, 0.6) is 0 Å². The van der Waals surface area contributed by atoms with Crippen molar-refractivity contribution in [3.63, 3.8) is 0 Å². The molecule has 10 heteroatoms. The Morgan fingerprint density at radius 2 is 2.12 bits per heavy atom. The first-order valence-electron chi connectivity index (χ1n) is 7.03. The number of furan rings is 1. The number of nitrogens with zero attached hydrogens (tertiary/aromatic N) is 1. The number of rotatable bonds is 5. The molecular weight excluding hydrogens is 482 g/mol. The monoisotopic (exact) mass is 489 g/mol. The molecule has 3 rings (SSSR count). The number of amides is 1. The molecule has 1 amide bonds. The van der Waals surface area contributed by atoms with Crippen molar-refractivity contribution in [1.82, 2.24) is 4.90 Å². The van der Waals surface area contributed by atoms with Crippen LogP contribution in [0, 0.1) is 0 Å². The highest BCUT2D eigenvalue weighted by Gasteiger charge is 2.33. The van der Waals surface area contributed by atoms with Gasteiger partial charge in [0, 0.05) is 16.0 Å². The lowest BCUT2D eigenvalue weighted by Crippen LogP contribution is -2.33. The summed E-state index contributed by atoms with van der Waals surface area (Å²) in [5.74, 6) is -1.10. The summed E-state index contributed by atoms with van der Waals surface area (Å²) in [6.45, 7) is -0.457. The molecule has 0 saturated carbocycles. The molecule has 134 valence electrons. The second kappa shape index (κ2) is 8.18. The summed E-state index contributed by atoms with van der Waals surface area (Å²) >= 11 is 16.8. The molecule has 1 aliphatic rings. The van der Waals surface area contributed by atoms with Gasteiger partial charge >= 0.3 is 5.97 Å². The molecule has 1 saturated heterocycles. The van der Waals surface area contributed by atoms with Crippen LogP contribution in [0.2, 0.25) is 5.02 Å². The number of benzene rings is 1. The number of hydrogen-bond donors (Lipinski definition) is 1. The minimum atomic E-state index is -1.12. The highest BCUT2D eigenvalue weighted by Crippen LogP contribution is 2.38. The maximum absolute atomic E-state index is 12.3. The van der Waals surface area contributed by atoms with Crippen LogP contribution in [0.3, 0.4) is 0 Å². The number of thioether (sulfide) groups is 1. The Morgan fingerprint density at radius 3 is 2.77 bits per heavy atom. The summed E-state index contributed by atoms with van der Waals surface area (Å²) in [5.41, 5.74) is 0. The van der Waals surface area contributed by atoms with E-state index < -0.39 is 18.4 Å². The molecule has 0 radical (unpaired) electrons. The molecule has 1 aromatic heterocycles. The largest absolute Gasteiger partial charge is 0.480 e. The van der Waals surface area contributed by atoms with E-state index in [-0.39, 0.29) is 4.32 Å². The Labute approximate surface area is 175 Å². The summed E-state index contributed by atoms with van der Waals surface area (Å²) in [4.78, 5) is 25.4. The fourth-order valence-electron chi connectivity index (χ4n) is 2.02. The maximum Gasteiger partial charge on any atom is 0.323 e. The van der Waals surface area contributed by atoms with Crippen LogP contribution in [0.1, 0.15) is 5.76 Å². The van der Waals surface area contributed by atoms with Crippen molar-refractivity contribution >= 4 is 85.5 Å². The predicted molar refractivity (Wildman–Crippen MR) is 109 cm³/mol. The smallest absolute Gasteiger partial charge is 0.323 e. The van der Waals surface area contributed by atoms with Gasteiger partial charge in [0.25, 0.3) is 5.91 Å². The summed E-state index contributed by atoms with van der Waals surface area (Å²) in [7, 11) is 0. The standard InChI is InChI=1S/C16H9BrClNO4S3/c17-11-5-9(23-15(11)25-10-3-1-8(18)2-4-10)6-12-14(22)19(7-13(20)21)16(24)26-12/h1-6H,7H2,(H,20,21)/b12-6-. The van der Waals surface area contributed by atoms with E-state index in [1.165, 1.54) is 11.8 Å². The molecule has 0 spiro atoms. The molecule has 1 fully saturated rings. The summed E-state index contributed by atoms with van der Waals surface area (Å²) in [6, 6.07) is 9.06. The number of carboxylic acids is 1. The first-order chi connectivity index (χ1) is 12.3. The summed E-state index contributed by atoms with van der Waals surface area (Å²) in [6.07, 6.45) is 1.55. The Bertz CT molecular complexity index is 926.